The van der Waals surface area contributed by atoms with Crippen molar-refractivity contribution in [2.75, 3.05) is 6.54 Å². The van der Waals surface area contributed by atoms with Crippen LogP contribution < -0.4 is 5.32 Å². The summed E-state index contributed by atoms with van der Waals surface area (Å²) in [6.07, 6.45) is 3.25. The number of hydrogen-bond donors (Lipinski definition) is 1. The molecule has 0 spiro atoms. The molecule has 1 aliphatic heterocycles. The van der Waals surface area contributed by atoms with Crippen molar-refractivity contribution in [3.05, 3.63) is 12.7 Å². The van der Waals surface area contributed by atoms with Crippen molar-refractivity contribution in [2.45, 2.75) is 52.6 Å². The van der Waals surface area contributed by atoms with Gasteiger partial charge in [0, 0.05) is 6.54 Å². The van der Waals surface area contributed by atoms with E-state index in [0.29, 0.717) is 18.9 Å². The molecule has 4 nitrogen and oxygen atoms in total. The maximum atomic E-state index is 12.5. The number of hydrogen-bond acceptors (Lipinski definition) is 2. The van der Waals surface area contributed by atoms with Crippen molar-refractivity contribution in [1.29, 1.82) is 0 Å². The first kappa shape index (κ1) is 15.7. The minimum Gasteiger partial charge on any atom is -0.342 e. The van der Waals surface area contributed by atoms with Crippen LogP contribution in [0.1, 0.15) is 40.5 Å². The van der Waals surface area contributed by atoms with Crippen LogP contribution in [-0.4, -0.2) is 35.3 Å². The summed E-state index contributed by atoms with van der Waals surface area (Å²) in [5, 5.41) is 2.89. The average Bonchev–Trinajstić information content (AvgIpc) is 2.34. The molecule has 1 fully saturated rings. The lowest BCUT2D eigenvalue weighted by atomic mass is 9.91. The molecule has 3 unspecified atom stereocenters. The molecule has 4 heteroatoms. The number of amides is 2. The van der Waals surface area contributed by atoms with Gasteiger partial charge in [0.05, 0.1) is 0 Å². The van der Waals surface area contributed by atoms with Crippen molar-refractivity contribution in [3.8, 4) is 0 Å². The third-order valence-corrected chi connectivity index (χ3v) is 3.72. The first-order valence-corrected chi connectivity index (χ1v) is 7.14. The molecule has 1 N–H and O–H groups in total. The van der Waals surface area contributed by atoms with Crippen LogP contribution in [0, 0.1) is 11.8 Å². The molecule has 1 rings (SSSR count). The van der Waals surface area contributed by atoms with Gasteiger partial charge in [0.2, 0.25) is 11.8 Å². The van der Waals surface area contributed by atoms with Crippen molar-refractivity contribution in [1.82, 2.24) is 10.2 Å². The second-order valence-corrected chi connectivity index (χ2v) is 5.80. The van der Waals surface area contributed by atoms with Gasteiger partial charge in [-0.3, -0.25) is 9.59 Å². The number of piperazine rings is 1. The van der Waals surface area contributed by atoms with E-state index in [0.717, 1.165) is 6.42 Å². The minimum atomic E-state index is -0.382. The topological polar surface area (TPSA) is 49.4 Å². The SMILES string of the molecule is C=CCN1C(=O)C(CC(C)C)NC(=O)C1C(C)CC. The lowest BCUT2D eigenvalue weighted by Crippen LogP contribution is -2.65. The third-order valence-electron chi connectivity index (χ3n) is 3.72. The highest BCUT2D eigenvalue weighted by molar-refractivity contribution is 5.97. The van der Waals surface area contributed by atoms with Crippen LogP contribution in [0.15, 0.2) is 12.7 Å². The summed E-state index contributed by atoms with van der Waals surface area (Å²) in [5.74, 6) is 0.531. The molecule has 0 saturated carbocycles. The summed E-state index contributed by atoms with van der Waals surface area (Å²) in [7, 11) is 0. The predicted molar refractivity (Wildman–Crippen MR) is 76.5 cm³/mol. The molecule has 0 aromatic heterocycles. The van der Waals surface area contributed by atoms with E-state index in [1.54, 1.807) is 11.0 Å². The smallest absolute Gasteiger partial charge is 0.246 e. The Balaban J connectivity index is 2.95. The zero-order chi connectivity index (χ0) is 14.6. The Bertz CT molecular complexity index is 352. The molecule has 0 aromatic rings. The molecule has 1 heterocycles. The first-order valence-electron chi connectivity index (χ1n) is 7.14. The molecule has 0 bridgehead atoms. The molecule has 108 valence electrons. The van der Waals surface area contributed by atoms with Gasteiger partial charge in [-0.25, -0.2) is 0 Å². The number of rotatable bonds is 6. The maximum Gasteiger partial charge on any atom is 0.246 e. The van der Waals surface area contributed by atoms with E-state index in [1.165, 1.54) is 0 Å². The van der Waals surface area contributed by atoms with E-state index < -0.39 is 0 Å². The lowest BCUT2D eigenvalue weighted by molar-refractivity contribution is -0.151. The van der Waals surface area contributed by atoms with Gasteiger partial charge >= 0.3 is 0 Å². The maximum absolute atomic E-state index is 12.5. The van der Waals surface area contributed by atoms with Crippen LogP contribution in [0.3, 0.4) is 0 Å². The van der Waals surface area contributed by atoms with Crippen LogP contribution >= 0.6 is 0 Å². The molecule has 0 aliphatic carbocycles. The second-order valence-electron chi connectivity index (χ2n) is 5.80. The van der Waals surface area contributed by atoms with Gasteiger partial charge in [0.1, 0.15) is 12.1 Å². The Labute approximate surface area is 116 Å². The second kappa shape index (κ2) is 6.73. The lowest BCUT2D eigenvalue weighted by Gasteiger charge is -2.41. The van der Waals surface area contributed by atoms with Gasteiger partial charge in [-0.15, -0.1) is 6.58 Å². The number of carbonyl (C=O) groups is 2. The summed E-state index contributed by atoms with van der Waals surface area (Å²) in [5.41, 5.74) is 0. The monoisotopic (exact) mass is 266 g/mol. The van der Waals surface area contributed by atoms with E-state index in [9.17, 15) is 9.59 Å². The van der Waals surface area contributed by atoms with Crippen molar-refractivity contribution < 1.29 is 9.59 Å². The number of carbonyl (C=O) groups excluding carboxylic acids is 2. The first-order chi connectivity index (χ1) is 8.92. The van der Waals surface area contributed by atoms with Gasteiger partial charge in [0.15, 0.2) is 0 Å². The number of nitrogens with zero attached hydrogens (tertiary/aromatic N) is 1. The van der Waals surface area contributed by atoms with Crippen LogP contribution in [0.25, 0.3) is 0 Å². The van der Waals surface area contributed by atoms with Crippen LogP contribution in [0.4, 0.5) is 0 Å². The molecule has 2 amide bonds. The van der Waals surface area contributed by atoms with Gasteiger partial charge in [-0.2, -0.15) is 0 Å². The fourth-order valence-corrected chi connectivity index (χ4v) is 2.56. The van der Waals surface area contributed by atoms with Crippen molar-refractivity contribution in [2.24, 2.45) is 11.8 Å². The highest BCUT2D eigenvalue weighted by Gasteiger charge is 2.41. The van der Waals surface area contributed by atoms with Gasteiger partial charge in [0.25, 0.3) is 0 Å². The van der Waals surface area contributed by atoms with Crippen molar-refractivity contribution >= 4 is 11.8 Å². The van der Waals surface area contributed by atoms with Gasteiger partial charge < -0.3 is 10.2 Å². The Hall–Kier alpha value is -1.32. The predicted octanol–water partition coefficient (Wildman–Crippen LogP) is 1.96. The van der Waals surface area contributed by atoms with Crippen molar-refractivity contribution in [3.63, 3.8) is 0 Å². The largest absolute Gasteiger partial charge is 0.342 e. The average molecular weight is 266 g/mol. The molecule has 0 radical (unpaired) electrons. The van der Waals surface area contributed by atoms with Crippen LogP contribution in [-0.2, 0) is 9.59 Å². The Morgan fingerprint density at radius 2 is 2.00 bits per heavy atom. The number of nitrogens with one attached hydrogen (secondary N) is 1. The summed E-state index contributed by atoms with van der Waals surface area (Å²) in [6, 6.07) is -0.744. The van der Waals surface area contributed by atoms with E-state index >= 15 is 0 Å². The molecule has 0 aromatic carbocycles. The Kier molecular flexibility index (Phi) is 5.58. The highest BCUT2D eigenvalue weighted by Crippen LogP contribution is 2.22. The molecule has 1 saturated heterocycles. The Morgan fingerprint density at radius 1 is 1.37 bits per heavy atom. The fraction of sp³-hybridized carbons (Fsp3) is 0.733. The summed E-state index contributed by atoms with van der Waals surface area (Å²) < 4.78 is 0. The fourth-order valence-electron chi connectivity index (χ4n) is 2.56. The zero-order valence-electron chi connectivity index (χ0n) is 12.5. The third kappa shape index (κ3) is 3.58. The molecule has 3 atom stereocenters. The summed E-state index contributed by atoms with van der Waals surface area (Å²) in [4.78, 5) is 26.5. The minimum absolute atomic E-state index is 0.0264. The normalized spacial score (nSPS) is 25.4. The molecule has 19 heavy (non-hydrogen) atoms. The highest BCUT2D eigenvalue weighted by atomic mass is 16.2. The van der Waals surface area contributed by atoms with E-state index in [4.69, 9.17) is 0 Å². The molecular weight excluding hydrogens is 240 g/mol. The van der Waals surface area contributed by atoms with Crippen LogP contribution in [0.2, 0.25) is 0 Å². The summed E-state index contributed by atoms with van der Waals surface area (Å²) in [6.45, 7) is 12.3. The molecular formula is C15H26N2O2. The van der Waals surface area contributed by atoms with Gasteiger partial charge in [-0.05, 0) is 18.3 Å². The van der Waals surface area contributed by atoms with E-state index in [1.807, 2.05) is 13.8 Å². The Morgan fingerprint density at radius 3 is 2.47 bits per heavy atom. The van der Waals surface area contributed by atoms with E-state index in [-0.39, 0.29) is 29.8 Å². The van der Waals surface area contributed by atoms with E-state index in [2.05, 4.69) is 25.7 Å². The van der Waals surface area contributed by atoms with Gasteiger partial charge in [-0.1, -0.05) is 40.2 Å². The summed E-state index contributed by atoms with van der Waals surface area (Å²) >= 11 is 0. The standard InChI is InChI=1S/C15H26N2O2/c1-6-8-17-13(11(5)7-2)14(18)16-12(15(17)19)9-10(3)4/h6,10-13H,1,7-9H2,2-5H3,(H,16,18). The zero-order valence-corrected chi connectivity index (χ0v) is 12.5. The molecule has 1 aliphatic rings. The quantitative estimate of drug-likeness (QED) is 0.747. The van der Waals surface area contributed by atoms with Crippen LogP contribution in [0.5, 0.6) is 0 Å².